The van der Waals surface area contributed by atoms with Crippen LogP contribution in [0.1, 0.15) is 51.0 Å². The van der Waals surface area contributed by atoms with Crippen molar-refractivity contribution < 1.29 is 14.3 Å². The van der Waals surface area contributed by atoms with Crippen molar-refractivity contribution in [2.24, 2.45) is 0 Å². The van der Waals surface area contributed by atoms with Gasteiger partial charge in [0, 0.05) is 31.0 Å². The summed E-state index contributed by atoms with van der Waals surface area (Å²) < 4.78 is 6.69. The molecule has 7 heteroatoms. The van der Waals surface area contributed by atoms with E-state index in [1.807, 2.05) is 43.5 Å². The van der Waals surface area contributed by atoms with E-state index in [0.29, 0.717) is 35.5 Å². The number of esters is 1. The number of ether oxygens (including phenoxy) is 1. The maximum absolute atomic E-state index is 13.1. The number of hydrogen-bond donors (Lipinski definition) is 1. The van der Waals surface area contributed by atoms with Crippen LogP contribution in [0.4, 0.5) is 0 Å². The van der Waals surface area contributed by atoms with Gasteiger partial charge < -0.3 is 14.6 Å². The maximum atomic E-state index is 13.1. The zero-order valence-corrected chi connectivity index (χ0v) is 17.2. The Bertz CT molecular complexity index is 1000. The molecule has 0 aliphatic heterocycles. The summed E-state index contributed by atoms with van der Waals surface area (Å²) in [5.74, 6) is -0.591. The van der Waals surface area contributed by atoms with Crippen molar-refractivity contribution in [1.29, 1.82) is 0 Å². The van der Waals surface area contributed by atoms with Crippen molar-refractivity contribution in [3.8, 4) is 5.69 Å². The third-order valence-electron chi connectivity index (χ3n) is 4.82. The van der Waals surface area contributed by atoms with Crippen LogP contribution >= 0.6 is 0 Å². The standard InChI is InChI=1S/C22H26N4O3/c1-5-9-18-19(22(28)29-4)15(2)24-20(18)21(27)25(3)13-16-12-23-26(14-16)17-10-7-6-8-11-17/h6-8,10-12,14,24H,5,9,13H2,1-4H3. The third kappa shape index (κ3) is 4.23. The lowest BCUT2D eigenvalue weighted by molar-refractivity contribution is 0.0599. The summed E-state index contributed by atoms with van der Waals surface area (Å²) in [5, 5.41) is 4.38. The Hall–Kier alpha value is -3.35. The molecule has 0 saturated heterocycles. The van der Waals surface area contributed by atoms with Crippen molar-refractivity contribution in [2.75, 3.05) is 14.2 Å². The van der Waals surface area contributed by atoms with E-state index in [0.717, 1.165) is 17.7 Å². The number of nitrogens with zero attached hydrogens (tertiary/aromatic N) is 3. The molecule has 0 atom stereocenters. The van der Waals surface area contributed by atoms with Crippen LogP contribution in [0.15, 0.2) is 42.7 Å². The minimum atomic E-state index is -0.423. The lowest BCUT2D eigenvalue weighted by Gasteiger charge is -2.16. The molecule has 29 heavy (non-hydrogen) atoms. The molecular formula is C22H26N4O3. The van der Waals surface area contributed by atoms with Crippen molar-refractivity contribution in [1.82, 2.24) is 19.7 Å². The molecule has 0 bridgehead atoms. The number of carbonyl (C=O) groups excluding carboxylic acids is 2. The lowest BCUT2D eigenvalue weighted by atomic mass is 10.0. The van der Waals surface area contributed by atoms with Gasteiger partial charge in [-0.25, -0.2) is 9.48 Å². The molecule has 0 aliphatic carbocycles. The highest BCUT2D eigenvalue weighted by molar-refractivity contribution is 6.00. The van der Waals surface area contributed by atoms with Gasteiger partial charge in [-0.2, -0.15) is 5.10 Å². The van der Waals surface area contributed by atoms with E-state index >= 15 is 0 Å². The lowest BCUT2D eigenvalue weighted by Crippen LogP contribution is -2.27. The predicted octanol–water partition coefficient (Wildman–Crippen LogP) is 3.52. The van der Waals surface area contributed by atoms with Gasteiger partial charge in [0.15, 0.2) is 0 Å². The monoisotopic (exact) mass is 394 g/mol. The smallest absolute Gasteiger partial charge is 0.339 e. The summed E-state index contributed by atoms with van der Waals surface area (Å²) >= 11 is 0. The van der Waals surface area contributed by atoms with E-state index in [1.165, 1.54) is 7.11 Å². The van der Waals surface area contributed by atoms with Crippen LogP contribution in [0.5, 0.6) is 0 Å². The van der Waals surface area contributed by atoms with Crippen molar-refractivity contribution >= 4 is 11.9 Å². The molecule has 3 rings (SSSR count). The van der Waals surface area contributed by atoms with E-state index in [9.17, 15) is 9.59 Å². The first-order chi connectivity index (χ1) is 14.0. The van der Waals surface area contributed by atoms with Crippen LogP contribution in [0, 0.1) is 6.92 Å². The number of para-hydroxylation sites is 1. The molecule has 7 nitrogen and oxygen atoms in total. The van der Waals surface area contributed by atoms with Gasteiger partial charge in [-0.3, -0.25) is 4.79 Å². The summed E-state index contributed by atoms with van der Waals surface area (Å²) in [4.78, 5) is 30.0. The number of nitrogens with one attached hydrogen (secondary N) is 1. The molecule has 1 N–H and O–H groups in total. The number of carbonyl (C=O) groups is 2. The molecule has 152 valence electrons. The van der Waals surface area contributed by atoms with Gasteiger partial charge in [-0.1, -0.05) is 31.5 Å². The summed E-state index contributed by atoms with van der Waals surface area (Å²) in [6, 6.07) is 9.80. The predicted molar refractivity (Wildman–Crippen MR) is 110 cm³/mol. The van der Waals surface area contributed by atoms with Crippen LogP contribution in [-0.4, -0.2) is 45.7 Å². The van der Waals surface area contributed by atoms with Gasteiger partial charge in [-0.05, 0) is 31.0 Å². The molecule has 0 unspecified atom stereocenters. The largest absolute Gasteiger partial charge is 0.465 e. The number of methoxy groups -OCH3 is 1. The minimum Gasteiger partial charge on any atom is -0.465 e. The molecule has 2 aromatic heterocycles. The summed E-state index contributed by atoms with van der Waals surface area (Å²) in [7, 11) is 3.09. The number of aromatic amines is 1. The molecule has 1 aromatic carbocycles. The average molecular weight is 394 g/mol. The van der Waals surface area contributed by atoms with Gasteiger partial charge >= 0.3 is 5.97 Å². The fraction of sp³-hybridized carbons (Fsp3) is 0.318. The second-order valence-corrected chi connectivity index (χ2v) is 7.01. The number of rotatable bonds is 7. The Morgan fingerprint density at radius 1 is 1.24 bits per heavy atom. The number of amides is 1. The van der Waals surface area contributed by atoms with Gasteiger partial charge in [-0.15, -0.1) is 0 Å². The fourth-order valence-electron chi connectivity index (χ4n) is 3.44. The molecule has 0 aliphatic rings. The second kappa shape index (κ2) is 8.77. The topological polar surface area (TPSA) is 80.2 Å². The number of aryl methyl sites for hydroxylation is 1. The molecular weight excluding hydrogens is 368 g/mol. The fourth-order valence-corrected chi connectivity index (χ4v) is 3.44. The molecule has 0 spiro atoms. The van der Waals surface area contributed by atoms with E-state index < -0.39 is 5.97 Å². The van der Waals surface area contributed by atoms with Crippen LogP contribution in [0.25, 0.3) is 5.69 Å². The number of benzene rings is 1. The van der Waals surface area contributed by atoms with Gasteiger partial charge in [0.2, 0.25) is 0 Å². The average Bonchev–Trinajstić information content (AvgIpc) is 3.32. The molecule has 0 saturated carbocycles. The Morgan fingerprint density at radius 2 is 1.97 bits per heavy atom. The molecule has 3 aromatic rings. The number of aromatic nitrogens is 3. The first-order valence-electron chi connectivity index (χ1n) is 9.60. The number of hydrogen-bond acceptors (Lipinski definition) is 4. The Morgan fingerprint density at radius 3 is 2.62 bits per heavy atom. The zero-order chi connectivity index (χ0) is 21.0. The Kier molecular flexibility index (Phi) is 6.16. The maximum Gasteiger partial charge on any atom is 0.339 e. The zero-order valence-electron chi connectivity index (χ0n) is 17.2. The summed E-state index contributed by atoms with van der Waals surface area (Å²) in [6.45, 7) is 4.20. The number of H-pyrrole nitrogens is 1. The van der Waals surface area contributed by atoms with Crippen LogP contribution in [0.3, 0.4) is 0 Å². The van der Waals surface area contributed by atoms with Gasteiger partial charge in [0.1, 0.15) is 5.69 Å². The summed E-state index contributed by atoms with van der Waals surface area (Å²) in [5.41, 5.74) is 4.15. The second-order valence-electron chi connectivity index (χ2n) is 7.01. The molecule has 0 radical (unpaired) electrons. The normalized spacial score (nSPS) is 10.8. The van der Waals surface area contributed by atoms with E-state index in [2.05, 4.69) is 10.1 Å². The van der Waals surface area contributed by atoms with Crippen LogP contribution in [-0.2, 0) is 17.7 Å². The van der Waals surface area contributed by atoms with Gasteiger partial charge in [0.25, 0.3) is 5.91 Å². The van der Waals surface area contributed by atoms with Gasteiger partial charge in [0.05, 0.1) is 24.6 Å². The van der Waals surface area contributed by atoms with Crippen LogP contribution < -0.4 is 0 Å². The summed E-state index contributed by atoms with van der Waals surface area (Å²) in [6.07, 6.45) is 5.10. The van der Waals surface area contributed by atoms with E-state index in [1.54, 1.807) is 29.7 Å². The third-order valence-corrected chi connectivity index (χ3v) is 4.82. The first kappa shape index (κ1) is 20.4. The van der Waals surface area contributed by atoms with Crippen LogP contribution in [0.2, 0.25) is 0 Å². The highest BCUT2D eigenvalue weighted by Crippen LogP contribution is 2.23. The Labute approximate surface area is 170 Å². The van der Waals surface area contributed by atoms with E-state index in [4.69, 9.17) is 4.74 Å². The Balaban J connectivity index is 1.82. The van der Waals surface area contributed by atoms with Crippen molar-refractivity contribution in [3.63, 3.8) is 0 Å². The molecule has 0 fully saturated rings. The highest BCUT2D eigenvalue weighted by Gasteiger charge is 2.26. The highest BCUT2D eigenvalue weighted by atomic mass is 16.5. The molecule has 1 amide bonds. The quantitative estimate of drug-likeness (QED) is 0.622. The minimum absolute atomic E-state index is 0.167. The van der Waals surface area contributed by atoms with Crippen molar-refractivity contribution in [3.05, 3.63) is 70.8 Å². The van der Waals surface area contributed by atoms with E-state index in [-0.39, 0.29) is 5.91 Å². The van der Waals surface area contributed by atoms with Crippen molar-refractivity contribution in [2.45, 2.75) is 33.2 Å². The molecule has 2 heterocycles. The first-order valence-corrected chi connectivity index (χ1v) is 9.60. The SMILES string of the molecule is CCCc1c(C(=O)N(C)Cc2cnn(-c3ccccc3)c2)[nH]c(C)c1C(=O)OC.